The van der Waals surface area contributed by atoms with Gasteiger partial charge < -0.3 is 10.6 Å². The molecule has 6 aromatic carbocycles. The van der Waals surface area contributed by atoms with Gasteiger partial charge in [0.25, 0.3) is 11.8 Å². The monoisotopic (exact) mass is 692 g/mol. The van der Waals surface area contributed by atoms with Crippen LogP contribution in [-0.2, 0) is 11.1 Å². The van der Waals surface area contributed by atoms with Crippen molar-refractivity contribution in [1.82, 2.24) is 10.6 Å². The van der Waals surface area contributed by atoms with Gasteiger partial charge in [-0.05, 0) is 59.4 Å². The molecule has 0 heterocycles. The summed E-state index contributed by atoms with van der Waals surface area (Å²) in [5.74, 6) is -0.319. The van der Waals surface area contributed by atoms with Gasteiger partial charge >= 0.3 is 0 Å². The minimum absolute atomic E-state index is 0.160. The second-order valence-corrected chi connectivity index (χ2v) is 14.3. The van der Waals surface area contributed by atoms with Gasteiger partial charge in [-0.15, -0.1) is 0 Å². The lowest BCUT2D eigenvalue weighted by molar-refractivity contribution is 0.0899. The van der Waals surface area contributed by atoms with Crippen LogP contribution in [0.4, 0.5) is 0 Å². The smallest absolute Gasteiger partial charge is 0.253 e. The predicted molar refractivity (Wildman–Crippen MR) is 207 cm³/mol. The van der Waals surface area contributed by atoms with Crippen LogP contribution in [0.15, 0.2) is 180 Å². The van der Waals surface area contributed by atoms with Crippen molar-refractivity contribution >= 4 is 33.4 Å². The van der Waals surface area contributed by atoms with Gasteiger partial charge in [0.1, 0.15) is 0 Å². The maximum absolute atomic E-state index is 14.2. The van der Waals surface area contributed by atoms with Crippen LogP contribution in [0.25, 0.3) is 0 Å². The van der Waals surface area contributed by atoms with E-state index in [1.807, 2.05) is 121 Å². The third-order valence-electron chi connectivity index (χ3n) is 9.27. The van der Waals surface area contributed by atoms with Gasteiger partial charge in [0.15, 0.2) is 0 Å². The van der Waals surface area contributed by atoms with Gasteiger partial charge in [-0.1, -0.05) is 181 Å². The number of nitrogens with one attached hydrogen (secondary N) is 2. The molecule has 0 saturated heterocycles. The van der Waals surface area contributed by atoms with E-state index in [2.05, 4.69) is 73.0 Å². The van der Waals surface area contributed by atoms with Crippen LogP contribution in [0.1, 0.15) is 69.7 Å². The highest BCUT2D eigenvalue weighted by molar-refractivity contribution is 8.76. The molecular weight excluding hydrogens is 653 g/mol. The van der Waals surface area contributed by atoms with E-state index in [-0.39, 0.29) is 11.8 Å². The average Bonchev–Trinajstić information content (AvgIpc) is 3.19. The molecule has 0 saturated carbocycles. The summed E-state index contributed by atoms with van der Waals surface area (Å²) in [6.07, 6.45) is 1.34. The summed E-state index contributed by atoms with van der Waals surface area (Å²) in [4.78, 5) is 30.1. The van der Waals surface area contributed by atoms with Crippen LogP contribution in [0.3, 0.4) is 0 Å². The van der Waals surface area contributed by atoms with Crippen LogP contribution in [-0.4, -0.2) is 11.8 Å². The van der Waals surface area contributed by atoms with Crippen molar-refractivity contribution in [2.45, 2.75) is 47.6 Å². The van der Waals surface area contributed by atoms with Gasteiger partial charge in [0.05, 0.1) is 22.2 Å². The molecule has 0 atom stereocenters. The molecule has 2 amide bonds. The van der Waals surface area contributed by atoms with Crippen molar-refractivity contribution in [2.75, 3.05) is 0 Å². The molecule has 0 fully saturated rings. The fourth-order valence-corrected chi connectivity index (χ4v) is 8.93. The first-order valence-electron chi connectivity index (χ1n) is 16.9. The maximum Gasteiger partial charge on any atom is 0.253 e. The van der Waals surface area contributed by atoms with E-state index in [0.717, 1.165) is 32.0 Å². The number of carbonyl (C=O) groups excluding carboxylic acids is 2. The van der Waals surface area contributed by atoms with Crippen LogP contribution in [0.2, 0.25) is 0 Å². The number of carbonyl (C=O) groups is 2. The lowest BCUT2D eigenvalue weighted by atomic mass is 9.80. The van der Waals surface area contributed by atoms with Crippen molar-refractivity contribution in [2.24, 2.45) is 0 Å². The Morgan fingerprint density at radius 2 is 0.680 bits per heavy atom. The minimum atomic E-state index is -0.710. The Balaban J connectivity index is 1.27. The van der Waals surface area contributed by atoms with Crippen LogP contribution >= 0.6 is 21.6 Å². The molecule has 0 radical (unpaired) electrons. The molecule has 0 aliphatic rings. The van der Waals surface area contributed by atoms with Crippen LogP contribution in [0.5, 0.6) is 0 Å². The molecule has 0 aliphatic heterocycles. The zero-order valence-electron chi connectivity index (χ0n) is 28.2. The second-order valence-electron chi connectivity index (χ2n) is 12.0. The zero-order valence-corrected chi connectivity index (χ0v) is 29.8. The predicted octanol–water partition coefficient (Wildman–Crippen LogP) is 10.7. The summed E-state index contributed by atoms with van der Waals surface area (Å²) >= 11 is 0. The van der Waals surface area contributed by atoms with E-state index in [1.54, 1.807) is 0 Å². The largest absolute Gasteiger partial charge is 0.338 e. The molecule has 0 bridgehead atoms. The molecule has 0 unspecified atom stereocenters. The molecule has 50 heavy (non-hydrogen) atoms. The fourth-order valence-electron chi connectivity index (χ4n) is 6.57. The van der Waals surface area contributed by atoms with Gasteiger partial charge in [-0.2, -0.15) is 0 Å². The Hall–Kier alpha value is -5.04. The van der Waals surface area contributed by atoms with Gasteiger partial charge in [0, 0.05) is 9.79 Å². The summed E-state index contributed by atoms with van der Waals surface area (Å²) in [5.41, 5.74) is 3.83. The van der Waals surface area contributed by atoms with E-state index < -0.39 is 11.1 Å². The quantitative estimate of drug-likeness (QED) is 0.118. The molecule has 0 spiro atoms. The lowest BCUT2D eigenvalue weighted by Gasteiger charge is -2.35. The molecule has 4 nitrogen and oxygen atoms in total. The summed E-state index contributed by atoms with van der Waals surface area (Å²) in [6.45, 7) is 4.20. The number of amides is 2. The number of hydrogen-bond donors (Lipinski definition) is 2. The van der Waals surface area contributed by atoms with E-state index >= 15 is 0 Å². The Bertz CT molecular complexity index is 1790. The first-order valence-corrected chi connectivity index (χ1v) is 19.1. The highest BCUT2D eigenvalue weighted by Gasteiger charge is 2.36. The SMILES string of the molecule is CCC(NC(=O)c1ccccc1SSc1ccccc1C(=O)NC(CC)(c1ccccc1)c1ccccc1)(c1ccccc1)c1ccccc1. The molecule has 0 aromatic heterocycles. The highest BCUT2D eigenvalue weighted by atomic mass is 33.1. The molecule has 250 valence electrons. The molecule has 0 aliphatic carbocycles. The molecule has 2 N–H and O–H groups in total. The average molecular weight is 693 g/mol. The van der Waals surface area contributed by atoms with Crippen molar-refractivity contribution in [3.05, 3.63) is 203 Å². The van der Waals surface area contributed by atoms with E-state index in [9.17, 15) is 9.59 Å². The fraction of sp³-hybridized carbons (Fsp3) is 0.136. The summed E-state index contributed by atoms with van der Waals surface area (Å²) < 4.78 is 0. The van der Waals surface area contributed by atoms with Gasteiger partial charge in [-0.3, -0.25) is 9.59 Å². The number of hydrogen-bond acceptors (Lipinski definition) is 4. The van der Waals surface area contributed by atoms with Crippen molar-refractivity contribution in [3.8, 4) is 0 Å². The second kappa shape index (κ2) is 16.1. The van der Waals surface area contributed by atoms with Crippen molar-refractivity contribution < 1.29 is 9.59 Å². The Labute approximate surface area is 303 Å². The third kappa shape index (κ3) is 7.28. The van der Waals surface area contributed by atoms with E-state index in [0.29, 0.717) is 24.0 Å². The first kappa shape index (κ1) is 34.8. The Morgan fingerprint density at radius 1 is 0.420 bits per heavy atom. The number of benzene rings is 6. The molecule has 6 aromatic rings. The topological polar surface area (TPSA) is 58.2 Å². The summed E-state index contributed by atoms with van der Waals surface area (Å²) in [5, 5.41) is 6.87. The van der Waals surface area contributed by atoms with Gasteiger partial charge in [0.2, 0.25) is 0 Å². The normalized spacial score (nSPS) is 11.5. The van der Waals surface area contributed by atoms with Crippen LogP contribution < -0.4 is 10.6 Å². The summed E-state index contributed by atoms with van der Waals surface area (Å²) in [6, 6.07) is 55.9. The van der Waals surface area contributed by atoms with Crippen molar-refractivity contribution in [3.63, 3.8) is 0 Å². The molecular formula is C44H40N2O2S2. The lowest BCUT2D eigenvalue weighted by Crippen LogP contribution is -2.46. The molecule has 6 heteroatoms. The Kier molecular flexibility index (Phi) is 11.2. The van der Waals surface area contributed by atoms with Gasteiger partial charge in [-0.25, -0.2) is 0 Å². The minimum Gasteiger partial charge on any atom is -0.338 e. The maximum atomic E-state index is 14.2. The third-order valence-corrected chi connectivity index (χ3v) is 11.7. The van der Waals surface area contributed by atoms with E-state index in [4.69, 9.17) is 0 Å². The zero-order chi connectivity index (χ0) is 34.8. The number of rotatable bonds is 13. The van der Waals surface area contributed by atoms with E-state index in [1.165, 1.54) is 21.6 Å². The first-order chi connectivity index (χ1) is 24.5. The highest BCUT2D eigenvalue weighted by Crippen LogP contribution is 2.42. The molecule has 6 rings (SSSR count). The van der Waals surface area contributed by atoms with Crippen molar-refractivity contribution in [1.29, 1.82) is 0 Å². The standard InChI is InChI=1S/C44H40N2O2S2/c1-3-43(33-21-9-5-10-22-33,34-23-11-6-12-24-34)45-41(47)37-29-17-19-31-39(37)49-50-40-32-20-18-30-38(40)42(48)46-44(4-2,35-25-13-7-14-26-35)36-27-15-8-16-28-36/h5-32H,3-4H2,1-2H3,(H,45,47)(H,46,48). The summed E-state index contributed by atoms with van der Waals surface area (Å²) in [7, 11) is 2.96. The van der Waals surface area contributed by atoms with Crippen LogP contribution in [0, 0.1) is 0 Å². The Morgan fingerprint density at radius 3 is 0.960 bits per heavy atom.